The number of aryl methyl sites for hydroxylation is 3. The topological polar surface area (TPSA) is 62.4 Å². The van der Waals surface area contributed by atoms with E-state index in [9.17, 15) is 9.59 Å². The van der Waals surface area contributed by atoms with Crippen molar-refractivity contribution >= 4 is 5.91 Å². The van der Waals surface area contributed by atoms with Gasteiger partial charge in [0.2, 0.25) is 0 Å². The maximum atomic E-state index is 12.9. The van der Waals surface area contributed by atoms with Gasteiger partial charge in [-0.15, -0.1) is 0 Å². The van der Waals surface area contributed by atoms with Crippen molar-refractivity contribution in [2.45, 2.75) is 39.0 Å². The molecular weight excluding hydrogens is 340 g/mol. The zero-order chi connectivity index (χ0) is 18.8. The third-order valence-electron chi connectivity index (χ3n) is 5.63. The number of carbonyl (C=O) groups is 1. The predicted octanol–water partition coefficient (Wildman–Crippen LogP) is 3.10. The minimum atomic E-state index is -0.251. The first-order chi connectivity index (χ1) is 13.1. The molecule has 27 heavy (non-hydrogen) atoms. The van der Waals surface area contributed by atoms with E-state index in [1.165, 1.54) is 5.56 Å². The number of ether oxygens (including phenoxy) is 1. The lowest BCUT2D eigenvalue weighted by Crippen LogP contribution is -2.43. The molecule has 2 heterocycles. The van der Waals surface area contributed by atoms with Crippen LogP contribution in [0.15, 0.2) is 35.1 Å². The van der Waals surface area contributed by atoms with Crippen LogP contribution in [0.5, 0.6) is 5.75 Å². The lowest BCUT2D eigenvalue weighted by Gasteiger charge is -2.32. The number of hydrogen-bond acceptors (Lipinski definition) is 3. The van der Waals surface area contributed by atoms with Crippen LogP contribution in [0.3, 0.4) is 0 Å². The number of fused-ring (bicyclic) bond motifs is 1. The Balaban J connectivity index is 1.41. The number of benzene rings is 1. The Morgan fingerprint density at radius 1 is 1.22 bits per heavy atom. The van der Waals surface area contributed by atoms with Gasteiger partial charge in [0.25, 0.3) is 11.5 Å². The van der Waals surface area contributed by atoms with Crippen LogP contribution in [0, 0.1) is 12.8 Å². The third kappa shape index (κ3) is 3.92. The molecule has 0 spiro atoms. The first-order valence-corrected chi connectivity index (χ1v) is 9.84. The van der Waals surface area contributed by atoms with Crippen molar-refractivity contribution in [2.24, 2.45) is 5.92 Å². The summed E-state index contributed by atoms with van der Waals surface area (Å²) in [7, 11) is 0. The molecule has 4 rings (SSSR count). The summed E-state index contributed by atoms with van der Waals surface area (Å²) in [4.78, 5) is 30.0. The van der Waals surface area contributed by atoms with E-state index in [1.54, 1.807) is 0 Å². The molecule has 1 saturated heterocycles. The molecule has 0 bridgehead atoms. The normalized spacial score (nSPS) is 19.0. The van der Waals surface area contributed by atoms with E-state index in [0.29, 0.717) is 19.7 Å². The van der Waals surface area contributed by atoms with Gasteiger partial charge in [0.05, 0.1) is 6.61 Å². The molecular formula is C22H26N2O3. The largest absolute Gasteiger partial charge is 0.493 e. The van der Waals surface area contributed by atoms with E-state index >= 15 is 0 Å². The lowest BCUT2D eigenvalue weighted by atomic mass is 9.98. The van der Waals surface area contributed by atoms with Crippen molar-refractivity contribution in [3.05, 3.63) is 63.1 Å². The van der Waals surface area contributed by atoms with Crippen molar-refractivity contribution < 1.29 is 9.53 Å². The van der Waals surface area contributed by atoms with Crippen molar-refractivity contribution in [3.8, 4) is 5.75 Å². The van der Waals surface area contributed by atoms with Crippen LogP contribution in [0.2, 0.25) is 0 Å². The second-order valence-electron chi connectivity index (χ2n) is 7.75. The first kappa shape index (κ1) is 17.8. The summed E-state index contributed by atoms with van der Waals surface area (Å²) in [5, 5.41) is 0. The molecule has 142 valence electrons. The van der Waals surface area contributed by atoms with Gasteiger partial charge in [-0.25, -0.2) is 0 Å². The summed E-state index contributed by atoms with van der Waals surface area (Å²) >= 11 is 0. The fraction of sp³-hybridized carbons (Fsp3) is 0.455. The summed E-state index contributed by atoms with van der Waals surface area (Å²) in [6.45, 7) is 3.99. The van der Waals surface area contributed by atoms with Gasteiger partial charge in [-0.1, -0.05) is 17.7 Å². The zero-order valence-corrected chi connectivity index (χ0v) is 15.8. The number of aromatic nitrogens is 1. The quantitative estimate of drug-likeness (QED) is 0.904. The Labute approximate surface area is 159 Å². The predicted molar refractivity (Wildman–Crippen MR) is 104 cm³/mol. The molecule has 1 aromatic carbocycles. The lowest BCUT2D eigenvalue weighted by molar-refractivity contribution is 0.0631. The van der Waals surface area contributed by atoms with Crippen molar-refractivity contribution in [1.82, 2.24) is 9.88 Å². The standard InChI is InChI=1S/C22H26N2O3/c1-15-7-9-18(10-8-15)27-14-16-4-3-11-24(13-16)22(26)19-12-17-5-2-6-20(17)23-21(19)25/h7-10,12,16H,2-6,11,13-14H2,1H3,(H,23,25)/t16-/m0/s1. The fourth-order valence-electron chi connectivity index (χ4n) is 4.08. The van der Waals surface area contributed by atoms with Crippen LogP contribution in [-0.4, -0.2) is 35.5 Å². The average Bonchev–Trinajstić information content (AvgIpc) is 3.14. The summed E-state index contributed by atoms with van der Waals surface area (Å²) in [5.41, 5.74) is 3.36. The molecule has 0 saturated carbocycles. The van der Waals surface area contributed by atoms with Gasteiger partial charge in [0.15, 0.2) is 0 Å². The summed E-state index contributed by atoms with van der Waals surface area (Å²) in [6.07, 6.45) is 4.87. The number of rotatable bonds is 4. The van der Waals surface area contributed by atoms with Gasteiger partial charge >= 0.3 is 0 Å². The molecule has 0 radical (unpaired) electrons. The van der Waals surface area contributed by atoms with Gasteiger partial charge in [0, 0.05) is 24.7 Å². The van der Waals surface area contributed by atoms with E-state index in [4.69, 9.17) is 4.74 Å². The second kappa shape index (κ2) is 7.59. The molecule has 2 aromatic rings. The van der Waals surface area contributed by atoms with Crippen LogP contribution in [-0.2, 0) is 12.8 Å². The summed E-state index contributed by atoms with van der Waals surface area (Å²) in [5.74, 6) is 1.00. The fourth-order valence-corrected chi connectivity index (χ4v) is 4.08. The highest BCUT2D eigenvalue weighted by Gasteiger charge is 2.27. The third-order valence-corrected chi connectivity index (χ3v) is 5.63. The van der Waals surface area contributed by atoms with Gasteiger partial charge in [0.1, 0.15) is 11.3 Å². The van der Waals surface area contributed by atoms with Gasteiger partial charge < -0.3 is 14.6 Å². The number of nitrogens with one attached hydrogen (secondary N) is 1. The molecule has 1 fully saturated rings. The smallest absolute Gasteiger partial charge is 0.261 e. The highest BCUT2D eigenvalue weighted by atomic mass is 16.5. The Bertz CT molecular complexity index is 885. The highest BCUT2D eigenvalue weighted by molar-refractivity contribution is 5.94. The number of amides is 1. The van der Waals surface area contributed by atoms with Crippen LogP contribution in [0.25, 0.3) is 0 Å². The Morgan fingerprint density at radius 3 is 2.85 bits per heavy atom. The number of nitrogens with zero attached hydrogens (tertiary/aromatic N) is 1. The van der Waals surface area contributed by atoms with Crippen molar-refractivity contribution in [3.63, 3.8) is 0 Å². The monoisotopic (exact) mass is 366 g/mol. The SMILES string of the molecule is Cc1ccc(OC[C@H]2CCCN(C(=O)c3cc4c([nH]c3=O)CCC4)C2)cc1. The maximum Gasteiger partial charge on any atom is 0.261 e. The van der Waals surface area contributed by atoms with E-state index in [2.05, 4.69) is 11.9 Å². The molecule has 1 amide bonds. The van der Waals surface area contributed by atoms with Crippen LogP contribution in [0.4, 0.5) is 0 Å². The minimum Gasteiger partial charge on any atom is -0.493 e. The molecule has 1 aliphatic heterocycles. The van der Waals surface area contributed by atoms with Gasteiger partial charge in [-0.3, -0.25) is 9.59 Å². The Kier molecular flexibility index (Phi) is 5.01. The molecule has 2 aliphatic rings. The molecule has 5 nitrogen and oxygen atoms in total. The number of likely N-dealkylation sites (tertiary alicyclic amines) is 1. The number of H-pyrrole nitrogens is 1. The van der Waals surface area contributed by atoms with Gasteiger partial charge in [-0.2, -0.15) is 0 Å². The highest BCUT2D eigenvalue weighted by Crippen LogP contribution is 2.22. The molecule has 1 N–H and O–H groups in total. The van der Waals surface area contributed by atoms with Crippen LogP contribution in [0.1, 0.15) is 46.4 Å². The van der Waals surface area contributed by atoms with Crippen molar-refractivity contribution in [2.75, 3.05) is 19.7 Å². The molecule has 1 atom stereocenters. The number of carbonyl (C=O) groups excluding carboxylic acids is 1. The number of piperidine rings is 1. The van der Waals surface area contributed by atoms with E-state index < -0.39 is 0 Å². The maximum absolute atomic E-state index is 12.9. The summed E-state index contributed by atoms with van der Waals surface area (Å²) < 4.78 is 5.91. The van der Waals surface area contributed by atoms with Crippen molar-refractivity contribution in [1.29, 1.82) is 0 Å². The number of hydrogen-bond donors (Lipinski definition) is 1. The first-order valence-electron chi connectivity index (χ1n) is 9.84. The van der Waals surface area contributed by atoms with Gasteiger partial charge in [-0.05, 0) is 62.8 Å². The van der Waals surface area contributed by atoms with Crippen LogP contribution < -0.4 is 10.3 Å². The molecule has 1 aliphatic carbocycles. The average molecular weight is 366 g/mol. The molecule has 0 unspecified atom stereocenters. The summed E-state index contributed by atoms with van der Waals surface area (Å²) in [6, 6.07) is 9.84. The molecule has 1 aromatic heterocycles. The van der Waals surface area contributed by atoms with E-state index in [1.807, 2.05) is 35.2 Å². The van der Waals surface area contributed by atoms with Crippen LogP contribution >= 0.6 is 0 Å². The number of pyridine rings is 1. The zero-order valence-electron chi connectivity index (χ0n) is 15.8. The van der Waals surface area contributed by atoms with E-state index in [0.717, 1.165) is 49.1 Å². The Hall–Kier alpha value is -2.56. The Morgan fingerprint density at radius 2 is 2.04 bits per heavy atom. The second-order valence-corrected chi connectivity index (χ2v) is 7.75. The molecule has 5 heteroatoms. The van der Waals surface area contributed by atoms with E-state index in [-0.39, 0.29) is 22.9 Å². The number of aromatic amines is 1. The minimum absolute atomic E-state index is 0.147.